The number of nitrogens with zero attached hydrogens (tertiary/aromatic N) is 2. The monoisotopic (exact) mass is 342 g/mol. The largest absolute Gasteiger partial charge is 0.471 e. The number of ether oxygens (including phenoxy) is 1. The van der Waals surface area contributed by atoms with Crippen molar-refractivity contribution in [2.45, 2.75) is 18.7 Å². The number of aromatic nitrogens is 1. The first-order chi connectivity index (χ1) is 10.9. The second kappa shape index (κ2) is 6.19. The highest BCUT2D eigenvalue weighted by molar-refractivity contribution is 7.10. The molecule has 23 heavy (non-hydrogen) atoms. The molecule has 0 atom stereocenters. The summed E-state index contributed by atoms with van der Waals surface area (Å²) >= 11 is 1.53. The number of hydrogen-bond donors (Lipinski definition) is 0. The Balaban J connectivity index is 1.47. The number of carbonyl (C=O) groups is 1. The van der Waals surface area contributed by atoms with Gasteiger partial charge in [0.05, 0.1) is 25.1 Å². The van der Waals surface area contributed by atoms with Gasteiger partial charge in [0.15, 0.2) is 0 Å². The van der Waals surface area contributed by atoms with E-state index >= 15 is 0 Å². The summed E-state index contributed by atoms with van der Waals surface area (Å²) in [5.41, 5.74) is -0.814. The fourth-order valence-electron chi connectivity index (χ4n) is 2.18. The summed E-state index contributed by atoms with van der Waals surface area (Å²) in [5.74, 6) is 0.154. The van der Waals surface area contributed by atoms with Crippen molar-refractivity contribution in [1.82, 2.24) is 9.88 Å². The molecule has 0 aromatic carbocycles. The average Bonchev–Trinajstić information content (AvgIpc) is 2.94. The molecule has 8 heteroatoms. The molecule has 0 saturated carbocycles. The molecule has 0 bridgehead atoms. The van der Waals surface area contributed by atoms with Gasteiger partial charge in [-0.2, -0.15) is 13.2 Å². The van der Waals surface area contributed by atoms with E-state index in [2.05, 4.69) is 4.98 Å². The Labute approximate surface area is 134 Å². The molecular weight excluding hydrogens is 329 g/mol. The maximum atomic E-state index is 12.4. The van der Waals surface area contributed by atoms with Crippen LogP contribution in [0.15, 0.2) is 35.8 Å². The van der Waals surface area contributed by atoms with Crippen molar-refractivity contribution < 1.29 is 22.7 Å². The van der Waals surface area contributed by atoms with E-state index in [0.29, 0.717) is 19.5 Å². The minimum atomic E-state index is -4.41. The van der Waals surface area contributed by atoms with Crippen LogP contribution in [0.2, 0.25) is 0 Å². The lowest BCUT2D eigenvalue weighted by Gasteiger charge is -2.38. The zero-order valence-corrected chi connectivity index (χ0v) is 12.7. The molecule has 1 aliphatic heterocycles. The molecule has 4 nitrogen and oxygen atoms in total. The number of amides is 1. The van der Waals surface area contributed by atoms with Gasteiger partial charge in [-0.3, -0.25) is 4.79 Å². The number of rotatable bonds is 4. The highest BCUT2D eigenvalue weighted by Crippen LogP contribution is 2.29. The summed E-state index contributed by atoms with van der Waals surface area (Å²) in [6, 6.07) is 5.92. The average molecular weight is 342 g/mol. The quantitative estimate of drug-likeness (QED) is 0.858. The highest BCUT2D eigenvalue weighted by atomic mass is 32.1. The third kappa shape index (κ3) is 3.82. The normalized spacial score (nSPS) is 15.3. The molecule has 1 aliphatic rings. The predicted molar refractivity (Wildman–Crippen MR) is 78.3 cm³/mol. The Hall–Kier alpha value is -2.09. The molecule has 3 rings (SSSR count). The first kappa shape index (κ1) is 15.8. The summed E-state index contributed by atoms with van der Waals surface area (Å²) in [6.07, 6.45) is -3.53. The fraction of sp³-hybridized carbons (Fsp3) is 0.333. The first-order valence-electron chi connectivity index (χ1n) is 6.92. The molecular formula is C15H13F3N2O2S. The molecule has 0 N–H and O–H groups in total. The van der Waals surface area contributed by atoms with Gasteiger partial charge in [0.25, 0.3) is 0 Å². The van der Waals surface area contributed by atoms with Crippen LogP contribution in [0.1, 0.15) is 10.4 Å². The van der Waals surface area contributed by atoms with Gasteiger partial charge in [0, 0.05) is 17.1 Å². The van der Waals surface area contributed by atoms with Crippen molar-refractivity contribution in [3.63, 3.8) is 0 Å². The van der Waals surface area contributed by atoms with Crippen LogP contribution in [0.4, 0.5) is 13.2 Å². The fourth-order valence-corrected chi connectivity index (χ4v) is 2.87. The van der Waals surface area contributed by atoms with Gasteiger partial charge in [-0.25, -0.2) is 4.98 Å². The maximum absolute atomic E-state index is 12.4. The second-order valence-corrected chi connectivity index (χ2v) is 6.21. The van der Waals surface area contributed by atoms with E-state index in [9.17, 15) is 18.0 Å². The van der Waals surface area contributed by atoms with E-state index in [0.717, 1.165) is 17.1 Å². The summed E-state index contributed by atoms with van der Waals surface area (Å²) in [4.78, 5) is 18.3. The van der Waals surface area contributed by atoms with Crippen molar-refractivity contribution in [2.24, 2.45) is 0 Å². The van der Waals surface area contributed by atoms with Gasteiger partial charge in [-0.1, -0.05) is 6.07 Å². The lowest BCUT2D eigenvalue weighted by molar-refractivity contribution is -0.140. The van der Waals surface area contributed by atoms with Gasteiger partial charge in [0.1, 0.15) is 6.10 Å². The summed E-state index contributed by atoms with van der Waals surface area (Å²) < 4.78 is 42.8. The van der Waals surface area contributed by atoms with Gasteiger partial charge < -0.3 is 9.64 Å². The lowest BCUT2D eigenvalue weighted by atomic mass is 10.1. The van der Waals surface area contributed by atoms with Crippen LogP contribution >= 0.6 is 11.3 Å². The molecule has 0 radical (unpaired) electrons. The predicted octanol–water partition coefficient (Wildman–Crippen LogP) is 2.99. The molecule has 0 spiro atoms. The number of carbonyl (C=O) groups excluding carboxylic acids is 1. The van der Waals surface area contributed by atoms with Gasteiger partial charge in [-0.15, -0.1) is 11.3 Å². The molecule has 2 aromatic rings. The van der Waals surface area contributed by atoms with E-state index in [-0.39, 0.29) is 17.9 Å². The zero-order valence-electron chi connectivity index (χ0n) is 11.9. The van der Waals surface area contributed by atoms with Crippen LogP contribution in [0.3, 0.4) is 0 Å². The zero-order chi connectivity index (χ0) is 16.4. The molecule has 3 heterocycles. The van der Waals surface area contributed by atoms with Crippen LogP contribution in [0.5, 0.6) is 5.88 Å². The second-order valence-electron chi connectivity index (χ2n) is 5.18. The van der Waals surface area contributed by atoms with Crippen molar-refractivity contribution in [2.75, 3.05) is 13.1 Å². The Morgan fingerprint density at radius 1 is 1.35 bits per heavy atom. The number of thiophene rings is 1. The molecule has 1 saturated heterocycles. The lowest BCUT2D eigenvalue weighted by Crippen LogP contribution is -2.56. The van der Waals surface area contributed by atoms with E-state index < -0.39 is 11.7 Å². The Morgan fingerprint density at radius 2 is 2.13 bits per heavy atom. The van der Waals surface area contributed by atoms with E-state index in [1.807, 2.05) is 17.5 Å². The highest BCUT2D eigenvalue weighted by Gasteiger charge is 2.33. The van der Waals surface area contributed by atoms with Crippen molar-refractivity contribution in [3.8, 4) is 5.88 Å². The molecule has 122 valence electrons. The topological polar surface area (TPSA) is 42.4 Å². The van der Waals surface area contributed by atoms with Crippen LogP contribution in [-0.2, 0) is 17.4 Å². The number of pyridine rings is 1. The third-order valence-electron chi connectivity index (χ3n) is 3.46. The van der Waals surface area contributed by atoms with E-state index in [1.54, 1.807) is 4.90 Å². The van der Waals surface area contributed by atoms with Crippen LogP contribution < -0.4 is 4.74 Å². The van der Waals surface area contributed by atoms with Crippen molar-refractivity contribution in [1.29, 1.82) is 0 Å². The summed E-state index contributed by atoms with van der Waals surface area (Å²) in [6.45, 7) is 0.847. The maximum Gasteiger partial charge on any atom is 0.417 e. The minimum absolute atomic E-state index is 0.0210. The number of alkyl halides is 3. The first-order valence-corrected chi connectivity index (χ1v) is 7.80. The van der Waals surface area contributed by atoms with Crippen molar-refractivity contribution in [3.05, 3.63) is 46.3 Å². The van der Waals surface area contributed by atoms with Gasteiger partial charge >= 0.3 is 6.18 Å². The molecule has 1 amide bonds. The van der Waals surface area contributed by atoms with E-state index in [4.69, 9.17) is 4.74 Å². The minimum Gasteiger partial charge on any atom is -0.471 e. The molecule has 1 fully saturated rings. The smallest absolute Gasteiger partial charge is 0.417 e. The number of likely N-dealkylation sites (tertiary alicyclic amines) is 1. The van der Waals surface area contributed by atoms with Gasteiger partial charge in [-0.05, 0) is 17.5 Å². The standard InChI is InChI=1S/C15H13F3N2O2S/c16-15(17,18)10-3-4-13(19-7-10)22-11-8-20(9-11)14(21)6-12-2-1-5-23-12/h1-5,7,11H,6,8-9H2. The Kier molecular flexibility index (Phi) is 4.25. The third-order valence-corrected chi connectivity index (χ3v) is 4.33. The van der Waals surface area contributed by atoms with E-state index in [1.165, 1.54) is 17.4 Å². The van der Waals surface area contributed by atoms with Crippen molar-refractivity contribution >= 4 is 17.2 Å². The summed E-state index contributed by atoms with van der Waals surface area (Å²) in [5, 5.41) is 1.92. The molecule has 2 aromatic heterocycles. The van der Waals surface area contributed by atoms with Crippen LogP contribution in [0.25, 0.3) is 0 Å². The molecule has 0 aliphatic carbocycles. The number of hydrogen-bond acceptors (Lipinski definition) is 4. The number of halogens is 3. The molecule has 0 unspecified atom stereocenters. The van der Waals surface area contributed by atoms with Crippen LogP contribution in [0, 0.1) is 0 Å². The Bertz CT molecular complexity index is 665. The summed E-state index contributed by atoms with van der Waals surface area (Å²) in [7, 11) is 0. The SMILES string of the molecule is O=C(Cc1cccs1)N1CC(Oc2ccc(C(F)(F)F)cn2)C1. The van der Waals surface area contributed by atoms with Crippen LogP contribution in [-0.4, -0.2) is 35.0 Å². The Morgan fingerprint density at radius 3 is 2.70 bits per heavy atom. The van der Waals surface area contributed by atoms with Gasteiger partial charge in [0.2, 0.25) is 11.8 Å².